The van der Waals surface area contributed by atoms with E-state index in [0.29, 0.717) is 13.2 Å². The lowest BCUT2D eigenvalue weighted by molar-refractivity contribution is -0.123. The molecule has 1 aromatic rings. The average molecular weight is 301 g/mol. The minimum absolute atomic E-state index is 0.124. The van der Waals surface area contributed by atoms with E-state index in [1.807, 2.05) is 13.8 Å². The van der Waals surface area contributed by atoms with Crippen LogP contribution in [0.1, 0.15) is 34.3 Å². The zero-order valence-corrected chi connectivity index (χ0v) is 12.6. The number of carbonyl (C=O) groups is 2. The predicted molar refractivity (Wildman–Crippen MR) is 75.7 cm³/mol. The number of amides is 1. The quantitative estimate of drug-likeness (QED) is 0.714. The lowest BCUT2D eigenvalue weighted by Gasteiger charge is -2.06. The Labute approximate surface area is 121 Å². The van der Waals surface area contributed by atoms with Crippen molar-refractivity contribution in [3.63, 3.8) is 0 Å². The first-order chi connectivity index (χ1) is 9.45. The minimum Gasteiger partial charge on any atom is -0.482 e. The Morgan fingerprint density at radius 1 is 1.45 bits per heavy atom. The summed E-state index contributed by atoms with van der Waals surface area (Å²) in [5, 5.41) is 11.7. The SMILES string of the molecule is COCCNC(=O)COc1cc(C(C)C)sc1C(=O)O. The first-order valence-electron chi connectivity index (χ1n) is 6.21. The van der Waals surface area contributed by atoms with Gasteiger partial charge in [0.15, 0.2) is 11.5 Å². The van der Waals surface area contributed by atoms with E-state index in [9.17, 15) is 9.59 Å². The summed E-state index contributed by atoms with van der Waals surface area (Å²) < 4.78 is 10.1. The summed E-state index contributed by atoms with van der Waals surface area (Å²) in [6, 6.07) is 1.68. The van der Waals surface area contributed by atoms with Crippen LogP contribution >= 0.6 is 11.3 Å². The van der Waals surface area contributed by atoms with Gasteiger partial charge >= 0.3 is 5.97 Å². The van der Waals surface area contributed by atoms with Crippen molar-refractivity contribution in [3.8, 4) is 5.75 Å². The molecule has 0 aliphatic heterocycles. The van der Waals surface area contributed by atoms with Crippen molar-refractivity contribution in [3.05, 3.63) is 15.8 Å². The van der Waals surface area contributed by atoms with Gasteiger partial charge in [-0.15, -0.1) is 11.3 Å². The number of carboxylic acid groups (broad SMARTS) is 1. The van der Waals surface area contributed by atoms with Crippen LogP contribution in [-0.4, -0.2) is 43.9 Å². The maximum atomic E-state index is 11.5. The van der Waals surface area contributed by atoms with Crippen LogP contribution in [0.4, 0.5) is 0 Å². The Morgan fingerprint density at radius 2 is 2.15 bits per heavy atom. The summed E-state index contributed by atoms with van der Waals surface area (Å²) in [5.41, 5.74) is 0. The fourth-order valence-corrected chi connectivity index (χ4v) is 2.36. The number of hydrogen-bond acceptors (Lipinski definition) is 5. The van der Waals surface area contributed by atoms with Crippen molar-refractivity contribution >= 4 is 23.2 Å². The standard InChI is InChI=1S/C13H19NO5S/c1-8(2)10-6-9(12(20-10)13(16)17)19-7-11(15)14-4-5-18-3/h6,8H,4-5,7H2,1-3H3,(H,14,15)(H,16,17). The second kappa shape index (κ2) is 7.86. The Hall–Kier alpha value is -1.60. The Balaban J connectivity index is 2.62. The van der Waals surface area contributed by atoms with Gasteiger partial charge in [0.25, 0.3) is 5.91 Å². The molecule has 112 valence electrons. The van der Waals surface area contributed by atoms with Crippen LogP contribution in [0.3, 0.4) is 0 Å². The molecule has 0 radical (unpaired) electrons. The summed E-state index contributed by atoms with van der Waals surface area (Å²) in [6.45, 7) is 4.54. The first kappa shape index (κ1) is 16.5. The van der Waals surface area contributed by atoms with Gasteiger partial charge in [-0.1, -0.05) is 13.8 Å². The van der Waals surface area contributed by atoms with E-state index in [1.165, 1.54) is 11.3 Å². The number of nitrogens with one attached hydrogen (secondary N) is 1. The number of ether oxygens (including phenoxy) is 2. The fourth-order valence-electron chi connectivity index (χ4n) is 1.42. The molecule has 7 heteroatoms. The van der Waals surface area contributed by atoms with Gasteiger partial charge in [0.2, 0.25) is 0 Å². The summed E-state index contributed by atoms with van der Waals surface area (Å²) in [7, 11) is 1.54. The van der Waals surface area contributed by atoms with Crippen molar-refractivity contribution in [2.75, 3.05) is 26.9 Å². The smallest absolute Gasteiger partial charge is 0.349 e. The molecule has 0 bridgehead atoms. The molecule has 2 N–H and O–H groups in total. The molecule has 1 aromatic heterocycles. The average Bonchev–Trinajstić information content (AvgIpc) is 2.81. The molecule has 20 heavy (non-hydrogen) atoms. The van der Waals surface area contributed by atoms with Gasteiger partial charge in [0.05, 0.1) is 6.61 Å². The molecule has 0 atom stereocenters. The molecule has 0 aliphatic rings. The van der Waals surface area contributed by atoms with Gasteiger partial charge < -0.3 is 19.9 Å². The maximum Gasteiger partial charge on any atom is 0.349 e. The second-order valence-corrected chi connectivity index (χ2v) is 5.52. The van der Waals surface area contributed by atoms with E-state index >= 15 is 0 Å². The van der Waals surface area contributed by atoms with Crippen LogP contribution in [0.25, 0.3) is 0 Å². The van der Waals surface area contributed by atoms with Crippen molar-refractivity contribution in [2.24, 2.45) is 0 Å². The van der Waals surface area contributed by atoms with Gasteiger partial charge in [-0.25, -0.2) is 4.79 Å². The van der Waals surface area contributed by atoms with Crippen LogP contribution < -0.4 is 10.1 Å². The predicted octanol–water partition coefficient (Wildman–Crippen LogP) is 1.71. The largest absolute Gasteiger partial charge is 0.482 e. The third-order valence-corrected chi connectivity index (χ3v) is 3.87. The normalized spacial score (nSPS) is 10.6. The van der Waals surface area contributed by atoms with E-state index in [2.05, 4.69) is 5.32 Å². The molecule has 0 fully saturated rings. The van der Waals surface area contributed by atoms with Crippen LogP contribution in [0.5, 0.6) is 5.75 Å². The number of aromatic carboxylic acids is 1. The highest BCUT2D eigenvalue weighted by molar-refractivity contribution is 7.14. The van der Waals surface area contributed by atoms with Gasteiger partial charge in [-0.3, -0.25) is 4.79 Å². The summed E-state index contributed by atoms with van der Waals surface area (Å²) in [6.07, 6.45) is 0. The van der Waals surface area contributed by atoms with E-state index in [-0.39, 0.29) is 29.1 Å². The Kier molecular flexibility index (Phi) is 6.47. The second-order valence-electron chi connectivity index (χ2n) is 4.43. The molecule has 0 saturated carbocycles. The van der Waals surface area contributed by atoms with Crippen molar-refractivity contribution in [2.45, 2.75) is 19.8 Å². The number of carbonyl (C=O) groups excluding carboxylic acids is 1. The van der Waals surface area contributed by atoms with Crippen LogP contribution in [0.15, 0.2) is 6.07 Å². The van der Waals surface area contributed by atoms with Crippen LogP contribution in [0, 0.1) is 0 Å². The molecule has 0 saturated heterocycles. The Bertz CT molecular complexity index is 469. The number of carboxylic acids is 1. The highest BCUT2D eigenvalue weighted by Crippen LogP contribution is 2.33. The fraction of sp³-hybridized carbons (Fsp3) is 0.538. The number of thiophene rings is 1. The maximum absolute atomic E-state index is 11.5. The van der Waals surface area contributed by atoms with Gasteiger partial charge in [-0.05, 0) is 12.0 Å². The minimum atomic E-state index is -1.04. The molecule has 1 heterocycles. The molecule has 0 spiro atoms. The topological polar surface area (TPSA) is 84.9 Å². The Morgan fingerprint density at radius 3 is 2.70 bits per heavy atom. The van der Waals surface area contributed by atoms with Crippen molar-refractivity contribution in [1.29, 1.82) is 0 Å². The third-order valence-electron chi connectivity index (χ3n) is 2.47. The van der Waals surface area contributed by atoms with E-state index in [1.54, 1.807) is 13.2 Å². The van der Waals surface area contributed by atoms with E-state index in [0.717, 1.165) is 4.88 Å². The van der Waals surface area contributed by atoms with E-state index < -0.39 is 5.97 Å². The highest BCUT2D eigenvalue weighted by Gasteiger charge is 2.19. The molecule has 0 unspecified atom stereocenters. The molecule has 6 nitrogen and oxygen atoms in total. The molecular formula is C13H19NO5S. The monoisotopic (exact) mass is 301 g/mol. The lowest BCUT2D eigenvalue weighted by atomic mass is 10.2. The first-order valence-corrected chi connectivity index (χ1v) is 7.02. The summed E-state index contributed by atoms with van der Waals surface area (Å²) >= 11 is 1.17. The molecular weight excluding hydrogens is 282 g/mol. The summed E-state index contributed by atoms with van der Waals surface area (Å²) in [4.78, 5) is 23.6. The third kappa shape index (κ3) is 4.82. The van der Waals surface area contributed by atoms with Gasteiger partial charge in [0, 0.05) is 18.5 Å². The lowest BCUT2D eigenvalue weighted by Crippen LogP contribution is -2.31. The zero-order valence-electron chi connectivity index (χ0n) is 11.8. The number of hydrogen-bond donors (Lipinski definition) is 2. The van der Waals surface area contributed by atoms with Crippen LogP contribution in [0.2, 0.25) is 0 Å². The number of rotatable bonds is 8. The van der Waals surface area contributed by atoms with E-state index in [4.69, 9.17) is 14.6 Å². The molecule has 1 amide bonds. The molecule has 0 aliphatic carbocycles. The van der Waals surface area contributed by atoms with Crippen LogP contribution in [-0.2, 0) is 9.53 Å². The highest BCUT2D eigenvalue weighted by atomic mass is 32.1. The summed E-state index contributed by atoms with van der Waals surface area (Å²) in [5.74, 6) is -0.897. The van der Waals surface area contributed by atoms with Gasteiger partial charge in [0.1, 0.15) is 5.75 Å². The molecule has 0 aromatic carbocycles. The molecule has 1 rings (SSSR count). The zero-order chi connectivity index (χ0) is 15.1. The van der Waals surface area contributed by atoms with Crippen molar-refractivity contribution < 1.29 is 24.2 Å². The van der Waals surface area contributed by atoms with Crippen molar-refractivity contribution in [1.82, 2.24) is 5.32 Å². The van der Waals surface area contributed by atoms with Gasteiger partial charge in [-0.2, -0.15) is 0 Å². The number of methoxy groups -OCH3 is 1.